The topological polar surface area (TPSA) is 101 Å². The number of hydrogen-bond acceptors (Lipinski definition) is 5. The molecule has 0 saturated heterocycles. The molecule has 0 aliphatic carbocycles. The molecule has 2 atom stereocenters. The van der Waals surface area contributed by atoms with Gasteiger partial charge >= 0.3 is 6.09 Å². The predicted octanol–water partition coefficient (Wildman–Crippen LogP) is 4.47. The Balaban J connectivity index is 1.82. The molecule has 3 aromatic rings. The van der Waals surface area contributed by atoms with Gasteiger partial charge < -0.3 is 20.5 Å². The van der Waals surface area contributed by atoms with Gasteiger partial charge in [0.1, 0.15) is 12.4 Å². The first-order valence-corrected chi connectivity index (χ1v) is 12.0. The number of carbonyl (C=O) groups excluding carboxylic acids is 2. The number of nitrogens with one attached hydrogen (secondary N) is 2. The van der Waals surface area contributed by atoms with Crippen molar-refractivity contribution < 1.29 is 32.6 Å². The Labute approximate surface area is 219 Å². The first-order valence-electron chi connectivity index (χ1n) is 12.0. The van der Waals surface area contributed by atoms with Crippen LogP contribution in [0.4, 0.5) is 18.0 Å². The van der Waals surface area contributed by atoms with E-state index in [-0.39, 0.29) is 36.3 Å². The third-order valence-corrected chi connectivity index (χ3v) is 5.54. The quantitative estimate of drug-likeness (QED) is 0.355. The number of amides is 2. The molecule has 1 unspecified atom stereocenters. The van der Waals surface area contributed by atoms with Crippen LogP contribution in [0.3, 0.4) is 0 Å². The van der Waals surface area contributed by atoms with Crippen molar-refractivity contribution >= 4 is 12.0 Å². The minimum absolute atomic E-state index is 0.0631. The maximum absolute atomic E-state index is 14.4. The van der Waals surface area contributed by atoms with Crippen LogP contribution >= 0.6 is 0 Å². The number of benzene rings is 2. The summed E-state index contributed by atoms with van der Waals surface area (Å²) < 4.78 is 46.9. The van der Waals surface area contributed by atoms with E-state index in [9.17, 15) is 27.9 Å². The molecule has 0 saturated carbocycles. The summed E-state index contributed by atoms with van der Waals surface area (Å²) in [5.74, 6) is -4.08. The second-order valence-corrected chi connectivity index (χ2v) is 9.85. The van der Waals surface area contributed by atoms with E-state index in [1.807, 2.05) is 20.8 Å². The van der Waals surface area contributed by atoms with E-state index in [2.05, 4.69) is 15.6 Å². The lowest BCUT2D eigenvalue weighted by Crippen LogP contribution is -2.46. The number of ether oxygens (including phenoxy) is 1. The smallest absolute Gasteiger partial charge is 0.407 e. The van der Waals surface area contributed by atoms with Gasteiger partial charge in [-0.2, -0.15) is 0 Å². The Bertz CT molecular complexity index is 1270. The molecule has 7 nitrogen and oxygen atoms in total. The van der Waals surface area contributed by atoms with Gasteiger partial charge in [0.2, 0.25) is 0 Å². The molecule has 1 aromatic heterocycles. The Morgan fingerprint density at radius 3 is 2.34 bits per heavy atom. The summed E-state index contributed by atoms with van der Waals surface area (Å²) in [6.45, 7) is 5.37. The standard InChI is InChI=1S/C28H30F3N3O4/c1-28(2,3)34-26(36)19-10-7-11-32-23(19)15-25(35)24(13-18-12-21(30)22(31)14-20(18)29)33-27(37)38-16-17-8-5-4-6-9-17/h4-12,14,24-25,35H,13,15-16H2,1-3H3,(H,33,37)(H,34,36)/t24?,25-/m1/s1. The van der Waals surface area contributed by atoms with Crippen molar-refractivity contribution in [3.05, 3.63) is 101 Å². The third-order valence-electron chi connectivity index (χ3n) is 5.54. The maximum Gasteiger partial charge on any atom is 0.407 e. The van der Waals surface area contributed by atoms with E-state index < -0.39 is 47.1 Å². The zero-order chi connectivity index (χ0) is 27.9. The van der Waals surface area contributed by atoms with Crippen molar-refractivity contribution in [1.29, 1.82) is 0 Å². The van der Waals surface area contributed by atoms with Gasteiger partial charge in [-0.3, -0.25) is 9.78 Å². The van der Waals surface area contributed by atoms with Crippen LogP contribution in [-0.2, 0) is 24.2 Å². The molecule has 38 heavy (non-hydrogen) atoms. The average Bonchev–Trinajstić information content (AvgIpc) is 2.85. The van der Waals surface area contributed by atoms with Gasteiger partial charge in [-0.25, -0.2) is 18.0 Å². The molecule has 0 radical (unpaired) electrons. The Hall–Kier alpha value is -3.92. The fourth-order valence-corrected chi connectivity index (χ4v) is 3.71. The molecule has 2 aromatic carbocycles. The van der Waals surface area contributed by atoms with Crippen molar-refractivity contribution in [2.24, 2.45) is 0 Å². The highest BCUT2D eigenvalue weighted by atomic mass is 19.2. The van der Waals surface area contributed by atoms with Gasteiger partial charge in [0.25, 0.3) is 5.91 Å². The highest BCUT2D eigenvalue weighted by molar-refractivity contribution is 5.95. The van der Waals surface area contributed by atoms with Crippen molar-refractivity contribution in [1.82, 2.24) is 15.6 Å². The van der Waals surface area contributed by atoms with Gasteiger partial charge in [-0.1, -0.05) is 30.3 Å². The minimum Gasteiger partial charge on any atom is -0.445 e. The van der Waals surface area contributed by atoms with Gasteiger partial charge in [-0.15, -0.1) is 0 Å². The van der Waals surface area contributed by atoms with E-state index in [0.29, 0.717) is 12.1 Å². The maximum atomic E-state index is 14.4. The summed E-state index contributed by atoms with van der Waals surface area (Å²) in [5.41, 5.74) is 0.375. The van der Waals surface area contributed by atoms with Gasteiger partial charge in [-0.05, 0) is 56.5 Å². The molecule has 202 valence electrons. The summed E-state index contributed by atoms with van der Waals surface area (Å²) in [6, 6.07) is 11.8. The van der Waals surface area contributed by atoms with Gasteiger partial charge in [0.05, 0.1) is 23.4 Å². The van der Waals surface area contributed by atoms with Crippen LogP contribution in [0, 0.1) is 17.5 Å². The lowest BCUT2D eigenvalue weighted by atomic mass is 9.96. The molecule has 10 heteroatoms. The number of aromatic nitrogens is 1. The number of alkyl carbamates (subject to hydrolysis) is 1. The summed E-state index contributed by atoms with van der Waals surface area (Å²) in [4.78, 5) is 29.6. The first-order chi connectivity index (χ1) is 17.9. The van der Waals surface area contributed by atoms with Crippen LogP contribution in [0.5, 0.6) is 0 Å². The number of carbonyl (C=O) groups is 2. The SMILES string of the molecule is CC(C)(C)NC(=O)c1cccnc1C[C@@H](O)C(Cc1cc(F)c(F)cc1F)NC(=O)OCc1ccccc1. The molecular formula is C28H30F3N3O4. The molecular weight excluding hydrogens is 499 g/mol. The molecule has 0 aliphatic rings. The lowest BCUT2D eigenvalue weighted by Gasteiger charge is -2.25. The fourth-order valence-electron chi connectivity index (χ4n) is 3.71. The monoisotopic (exact) mass is 529 g/mol. The van der Waals surface area contributed by atoms with Crippen LogP contribution in [0.1, 0.15) is 48.0 Å². The molecule has 3 rings (SSSR count). The Morgan fingerprint density at radius 1 is 0.974 bits per heavy atom. The van der Waals surface area contributed by atoms with Crippen LogP contribution in [0.2, 0.25) is 0 Å². The Morgan fingerprint density at radius 2 is 1.66 bits per heavy atom. The highest BCUT2D eigenvalue weighted by Crippen LogP contribution is 2.19. The van der Waals surface area contributed by atoms with Crippen molar-refractivity contribution in [3.63, 3.8) is 0 Å². The largest absolute Gasteiger partial charge is 0.445 e. The van der Waals surface area contributed by atoms with Crippen LogP contribution < -0.4 is 10.6 Å². The molecule has 3 N–H and O–H groups in total. The highest BCUT2D eigenvalue weighted by Gasteiger charge is 2.27. The number of aliphatic hydroxyl groups is 1. The van der Waals surface area contributed by atoms with E-state index in [1.54, 1.807) is 42.5 Å². The van der Waals surface area contributed by atoms with Crippen LogP contribution in [-0.4, -0.2) is 39.8 Å². The first kappa shape index (κ1) is 28.6. The molecule has 0 fully saturated rings. The average molecular weight is 530 g/mol. The second kappa shape index (κ2) is 12.6. The van der Waals surface area contributed by atoms with E-state index in [4.69, 9.17) is 4.74 Å². The third kappa shape index (κ3) is 8.31. The normalized spacial score (nSPS) is 12.9. The van der Waals surface area contributed by atoms with E-state index >= 15 is 0 Å². The van der Waals surface area contributed by atoms with Crippen LogP contribution in [0.15, 0.2) is 60.8 Å². The predicted molar refractivity (Wildman–Crippen MR) is 135 cm³/mol. The summed E-state index contributed by atoms with van der Waals surface area (Å²) in [7, 11) is 0. The van der Waals surface area contributed by atoms with Crippen molar-refractivity contribution in [2.75, 3.05) is 0 Å². The number of hydrogen-bond donors (Lipinski definition) is 3. The van der Waals surface area contributed by atoms with E-state index in [1.165, 1.54) is 6.20 Å². The molecule has 1 heterocycles. The number of rotatable bonds is 9. The summed E-state index contributed by atoms with van der Waals surface area (Å²) in [6.07, 6.45) is -1.46. The number of halogens is 3. The zero-order valence-electron chi connectivity index (χ0n) is 21.3. The number of nitrogens with zero attached hydrogens (tertiary/aromatic N) is 1. The number of pyridine rings is 1. The lowest BCUT2D eigenvalue weighted by molar-refractivity contribution is 0.0908. The summed E-state index contributed by atoms with van der Waals surface area (Å²) in [5, 5.41) is 16.4. The molecule has 2 amide bonds. The van der Waals surface area contributed by atoms with Crippen molar-refractivity contribution in [2.45, 2.75) is 57.9 Å². The summed E-state index contributed by atoms with van der Waals surface area (Å²) >= 11 is 0. The molecule has 0 bridgehead atoms. The molecule has 0 aliphatic heterocycles. The molecule has 0 spiro atoms. The van der Waals surface area contributed by atoms with Crippen molar-refractivity contribution in [3.8, 4) is 0 Å². The minimum atomic E-state index is -1.40. The fraction of sp³-hybridized carbons (Fsp3) is 0.321. The second-order valence-electron chi connectivity index (χ2n) is 9.85. The van der Waals surface area contributed by atoms with Gasteiger partial charge in [0, 0.05) is 24.2 Å². The van der Waals surface area contributed by atoms with E-state index in [0.717, 1.165) is 5.56 Å². The Kier molecular flexibility index (Phi) is 9.46. The van der Waals surface area contributed by atoms with Gasteiger partial charge in [0.15, 0.2) is 11.6 Å². The number of aliphatic hydroxyl groups excluding tert-OH is 1. The zero-order valence-corrected chi connectivity index (χ0v) is 21.3. The van der Waals surface area contributed by atoms with Crippen LogP contribution in [0.25, 0.3) is 0 Å².